The van der Waals surface area contributed by atoms with Crippen molar-refractivity contribution < 1.29 is 28.3 Å². The third kappa shape index (κ3) is 5.47. The van der Waals surface area contributed by atoms with Crippen LogP contribution in [0.25, 0.3) is 0 Å². The highest BCUT2D eigenvalue weighted by Crippen LogP contribution is 2.30. The maximum atomic E-state index is 13.4. The summed E-state index contributed by atoms with van der Waals surface area (Å²) in [6, 6.07) is 15.6. The summed E-state index contributed by atoms with van der Waals surface area (Å²) in [6.07, 6.45) is 0. The van der Waals surface area contributed by atoms with E-state index in [1.165, 1.54) is 48.5 Å². The summed E-state index contributed by atoms with van der Waals surface area (Å²) in [5, 5.41) is 4.93. The smallest absolute Gasteiger partial charge is 0.338 e. The minimum atomic E-state index is -0.750. The fourth-order valence-electron chi connectivity index (χ4n) is 3.47. The van der Waals surface area contributed by atoms with Gasteiger partial charge in [-0.1, -0.05) is 29.3 Å². The van der Waals surface area contributed by atoms with Crippen LogP contribution >= 0.6 is 23.2 Å². The highest BCUT2D eigenvalue weighted by atomic mass is 35.5. The van der Waals surface area contributed by atoms with Crippen molar-refractivity contribution in [3.05, 3.63) is 99.4 Å². The molecule has 0 aromatic heterocycles. The molecule has 3 amide bonds. The van der Waals surface area contributed by atoms with E-state index in [1.807, 2.05) is 0 Å². The molecule has 1 aliphatic rings. The molecule has 0 saturated heterocycles. The number of esters is 1. The molecule has 37 heavy (non-hydrogen) atoms. The van der Waals surface area contributed by atoms with Crippen LogP contribution in [-0.4, -0.2) is 30.3 Å². The van der Waals surface area contributed by atoms with Gasteiger partial charge in [-0.3, -0.25) is 14.4 Å². The molecule has 3 aromatic rings. The third-order valence-corrected chi connectivity index (χ3v) is 5.88. The molecule has 0 spiro atoms. The number of benzene rings is 3. The van der Waals surface area contributed by atoms with E-state index in [4.69, 9.17) is 27.9 Å². The number of carbonyl (C=O) groups is 4. The molecule has 0 unspecified atom stereocenters. The van der Waals surface area contributed by atoms with Gasteiger partial charge in [0.2, 0.25) is 0 Å². The second-order valence-electron chi connectivity index (χ2n) is 7.69. The van der Waals surface area contributed by atoms with E-state index in [0.717, 1.165) is 11.0 Å². The lowest BCUT2D eigenvalue weighted by atomic mass is 10.1. The number of rotatable bonds is 7. The Labute approximate surface area is 220 Å². The van der Waals surface area contributed by atoms with Crippen molar-refractivity contribution in [3.8, 4) is 0 Å². The van der Waals surface area contributed by atoms with E-state index < -0.39 is 29.5 Å². The molecular weight excluding hydrogens is 524 g/mol. The molecule has 0 atom stereocenters. The van der Waals surface area contributed by atoms with Gasteiger partial charge in [0, 0.05) is 16.9 Å². The lowest BCUT2D eigenvalue weighted by Gasteiger charge is -2.15. The molecule has 188 valence electrons. The summed E-state index contributed by atoms with van der Waals surface area (Å²) in [5.74, 6) is -3.12. The molecule has 0 saturated carbocycles. The zero-order valence-corrected chi connectivity index (χ0v) is 20.7. The highest BCUT2D eigenvalue weighted by Gasteiger charge is 2.39. The maximum Gasteiger partial charge on any atom is 0.338 e. The standard InChI is InChI=1S/C26H18Cl2FN3O5/c1-2-37-26(36)14-6-9-18(10-7-14)32-24(34)21(28)22(25(32)35)30-16-5-3-4-15(12-16)23(33)31-17-8-11-20(29)19(27)13-17/h3-13,30H,2H2,1H3,(H,31,33). The van der Waals surface area contributed by atoms with Crippen molar-refractivity contribution in [2.24, 2.45) is 0 Å². The number of hydrogen-bond acceptors (Lipinski definition) is 6. The van der Waals surface area contributed by atoms with Gasteiger partial charge in [0.15, 0.2) is 0 Å². The number of nitrogens with one attached hydrogen (secondary N) is 2. The summed E-state index contributed by atoms with van der Waals surface area (Å²) in [6.45, 7) is 1.89. The Bertz CT molecular complexity index is 1460. The number of carbonyl (C=O) groups excluding carboxylic acids is 4. The lowest BCUT2D eigenvalue weighted by molar-refractivity contribution is -0.120. The first-order valence-electron chi connectivity index (χ1n) is 10.9. The molecule has 0 fully saturated rings. The number of imide groups is 1. The van der Waals surface area contributed by atoms with Crippen molar-refractivity contribution in [2.45, 2.75) is 6.92 Å². The first kappa shape index (κ1) is 25.9. The number of ether oxygens (including phenoxy) is 1. The Hall–Kier alpha value is -4.21. The number of amides is 3. The second-order valence-corrected chi connectivity index (χ2v) is 8.48. The average Bonchev–Trinajstić information content (AvgIpc) is 3.09. The normalized spacial score (nSPS) is 13.1. The number of halogens is 3. The van der Waals surface area contributed by atoms with Gasteiger partial charge in [0.05, 0.1) is 22.9 Å². The third-order valence-electron chi connectivity index (χ3n) is 5.24. The zero-order chi connectivity index (χ0) is 26.7. The molecule has 0 radical (unpaired) electrons. The van der Waals surface area contributed by atoms with Gasteiger partial charge >= 0.3 is 5.97 Å². The van der Waals surface area contributed by atoms with Gasteiger partial charge in [-0.15, -0.1) is 0 Å². The quantitative estimate of drug-likeness (QED) is 0.309. The Kier molecular flexibility index (Phi) is 7.56. The molecule has 2 N–H and O–H groups in total. The number of nitrogens with zero attached hydrogens (tertiary/aromatic N) is 1. The molecule has 0 bridgehead atoms. The van der Waals surface area contributed by atoms with E-state index in [-0.39, 0.29) is 39.2 Å². The minimum absolute atomic E-state index is 0.140. The van der Waals surface area contributed by atoms with Crippen LogP contribution in [0.1, 0.15) is 27.6 Å². The lowest BCUT2D eigenvalue weighted by Crippen LogP contribution is -2.32. The Morgan fingerprint density at radius 3 is 2.32 bits per heavy atom. The predicted molar refractivity (Wildman–Crippen MR) is 137 cm³/mol. The van der Waals surface area contributed by atoms with E-state index in [2.05, 4.69) is 10.6 Å². The molecule has 3 aromatic carbocycles. The fourth-order valence-corrected chi connectivity index (χ4v) is 3.86. The van der Waals surface area contributed by atoms with E-state index >= 15 is 0 Å². The van der Waals surface area contributed by atoms with Gasteiger partial charge in [-0.2, -0.15) is 0 Å². The fraction of sp³-hybridized carbons (Fsp3) is 0.0769. The van der Waals surface area contributed by atoms with Crippen LogP contribution in [0.5, 0.6) is 0 Å². The summed E-state index contributed by atoms with van der Waals surface area (Å²) < 4.78 is 18.3. The molecular formula is C26H18Cl2FN3O5. The van der Waals surface area contributed by atoms with Gasteiger partial charge in [0.25, 0.3) is 17.7 Å². The van der Waals surface area contributed by atoms with E-state index in [1.54, 1.807) is 19.1 Å². The van der Waals surface area contributed by atoms with Crippen LogP contribution in [0.15, 0.2) is 77.5 Å². The van der Waals surface area contributed by atoms with Crippen molar-refractivity contribution >= 4 is 64.0 Å². The number of hydrogen-bond donors (Lipinski definition) is 2. The van der Waals surface area contributed by atoms with Crippen molar-refractivity contribution in [1.82, 2.24) is 0 Å². The maximum absolute atomic E-state index is 13.4. The van der Waals surface area contributed by atoms with Crippen LogP contribution in [0, 0.1) is 5.82 Å². The average molecular weight is 542 g/mol. The molecule has 4 rings (SSSR count). The first-order valence-corrected chi connectivity index (χ1v) is 11.6. The van der Waals surface area contributed by atoms with E-state index in [9.17, 15) is 23.6 Å². The first-order chi connectivity index (χ1) is 17.7. The largest absolute Gasteiger partial charge is 0.462 e. The Morgan fingerprint density at radius 2 is 1.65 bits per heavy atom. The second kappa shape index (κ2) is 10.8. The summed E-state index contributed by atoms with van der Waals surface area (Å²) in [4.78, 5) is 51.2. The van der Waals surface area contributed by atoms with Crippen LogP contribution in [0.4, 0.5) is 21.5 Å². The topological polar surface area (TPSA) is 105 Å². The minimum Gasteiger partial charge on any atom is -0.462 e. The van der Waals surface area contributed by atoms with Gasteiger partial charge < -0.3 is 15.4 Å². The molecule has 11 heteroatoms. The Balaban J connectivity index is 1.50. The van der Waals surface area contributed by atoms with Crippen LogP contribution in [-0.2, 0) is 14.3 Å². The van der Waals surface area contributed by atoms with Crippen molar-refractivity contribution in [2.75, 3.05) is 22.1 Å². The van der Waals surface area contributed by atoms with E-state index in [0.29, 0.717) is 11.4 Å². The van der Waals surface area contributed by atoms with Crippen molar-refractivity contribution in [3.63, 3.8) is 0 Å². The van der Waals surface area contributed by atoms with Gasteiger partial charge in [-0.05, 0) is 67.6 Å². The molecule has 8 nitrogen and oxygen atoms in total. The number of anilines is 3. The zero-order valence-electron chi connectivity index (χ0n) is 19.2. The van der Waals surface area contributed by atoms with Crippen LogP contribution in [0.2, 0.25) is 5.02 Å². The monoisotopic (exact) mass is 541 g/mol. The highest BCUT2D eigenvalue weighted by molar-refractivity contribution is 6.53. The van der Waals surface area contributed by atoms with Crippen LogP contribution < -0.4 is 15.5 Å². The molecule has 1 heterocycles. The summed E-state index contributed by atoms with van der Waals surface area (Å²) in [7, 11) is 0. The van der Waals surface area contributed by atoms with Crippen LogP contribution in [0.3, 0.4) is 0 Å². The Morgan fingerprint density at radius 1 is 0.919 bits per heavy atom. The van der Waals surface area contributed by atoms with Gasteiger partial charge in [-0.25, -0.2) is 14.1 Å². The summed E-state index contributed by atoms with van der Waals surface area (Å²) >= 11 is 11.9. The summed E-state index contributed by atoms with van der Waals surface area (Å²) in [5.41, 5.74) is 1.12. The molecule has 1 aliphatic heterocycles. The van der Waals surface area contributed by atoms with Crippen molar-refractivity contribution in [1.29, 1.82) is 0 Å². The molecule has 0 aliphatic carbocycles. The SMILES string of the molecule is CCOC(=O)c1ccc(N2C(=O)C(Cl)=C(Nc3cccc(C(=O)Nc4ccc(F)c(Cl)c4)c3)C2=O)cc1. The predicted octanol–water partition coefficient (Wildman–Crippen LogP) is 5.34. The van der Waals surface area contributed by atoms with Gasteiger partial charge in [0.1, 0.15) is 16.5 Å².